The van der Waals surface area contributed by atoms with Crippen LogP contribution in [-0.4, -0.2) is 27.5 Å². The van der Waals surface area contributed by atoms with Gasteiger partial charge in [0.25, 0.3) is 0 Å². The highest BCUT2D eigenvalue weighted by molar-refractivity contribution is 6.74. The van der Waals surface area contributed by atoms with Crippen LogP contribution >= 0.6 is 0 Å². The van der Waals surface area contributed by atoms with E-state index >= 15 is 0 Å². The van der Waals surface area contributed by atoms with Gasteiger partial charge in [-0.05, 0) is 24.6 Å². The molecule has 4 nitrogen and oxygen atoms in total. The largest absolute Gasteiger partial charge is 0.465 e. The minimum absolute atomic E-state index is 0.109. The van der Waals surface area contributed by atoms with E-state index < -0.39 is 8.32 Å². The average Bonchev–Trinajstić information content (AvgIpc) is 2.26. The molecule has 19 heavy (non-hydrogen) atoms. The molecule has 0 spiro atoms. The van der Waals surface area contributed by atoms with Crippen LogP contribution in [0.1, 0.15) is 40.5 Å². The molecule has 0 aliphatic rings. The van der Waals surface area contributed by atoms with Gasteiger partial charge in [-0.15, -0.1) is 0 Å². The topological polar surface area (TPSA) is 59.3 Å². The lowest BCUT2D eigenvalue weighted by molar-refractivity contribution is -0.142. The van der Waals surface area contributed by atoms with Gasteiger partial charge in [-0.3, -0.25) is 4.79 Å². The van der Waals surface area contributed by atoms with Crippen LogP contribution in [0.2, 0.25) is 18.1 Å². The minimum atomic E-state index is -1.79. The van der Waals surface area contributed by atoms with E-state index in [0.717, 1.165) is 0 Å². The van der Waals surface area contributed by atoms with Gasteiger partial charge in [-0.1, -0.05) is 20.8 Å². The number of carbonyl (C=O) groups excluding carboxylic acids is 1. The zero-order chi connectivity index (χ0) is 15.1. The predicted octanol–water partition coefficient (Wildman–Crippen LogP) is 3.49. The van der Waals surface area contributed by atoms with Gasteiger partial charge in [0, 0.05) is 25.9 Å². The van der Waals surface area contributed by atoms with E-state index in [1.54, 1.807) is 0 Å². The lowest BCUT2D eigenvalue weighted by Gasteiger charge is -2.37. The van der Waals surface area contributed by atoms with Crippen molar-refractivity contribution in [2.45, 2.75) is 58.7 Å². The van der Waals surface area contributed by atoms with Gasteiger partial charge >= 0.3 is 5.97 Å². The Morgan fingerprint density at radius 3 is 2.32 bits per heavy atom. The first-order chi connectivity index (χ1) is 8.60. The Labute approximate surface area is 118 Å². The summed E-state index contributed by atoms with van der Waals surface area (Å²) in [5.41, 5.74) is 0. The summed E-state index contributed by atoms with van der Waals surface area (Å²) in [5, 5.41) is 8.82. The van der Waals surface area contributed by atoms with Crippen LogP contribution in [0.5, 0.6) is 0 Å². The number of hydrogen-bond acceptors (Lipinski definition) is 4. The molecule has 1 atom stereocenters. The number of hydrogen-bond donors (Lipinski definition) is 0. The molecule has 0 radical (unpaired) electrons. The van der Waals surface area contributed by atoms with Crippen LogP contribution in [0.15, 0.2) is 0 Å². The van der Waals surface area contributed by atoms with Crippen molar-refractivity contribution in [1.29, 1.82) is 5.26 Å². The SMILES string of the molecule is CC(=O)OC[C@H](CCC#N)CO[Si](C)(C)C(C)(C)C. The van der Waals surface area contributed by atoms with Crippen molar-refractivity contribution in [1.82, 2.24) is 0 Å². The summed E-state index contributed by atoms with van der Waals surface area (Å²) in [4.78, 5) is 10.9. The van der Waals surface area contributed by atoms with Gasteiger partial charge in [-0.25, -0.2) is 0 Å². The molecule has 0 aliphatic heterocycles. The highest BCUT2D eigenvalue weighted by atomic mass is 28.4. The molecule has 0 bridgehead atoms. The molecule has 0 heterocycles. The summed E-state index contributed by atoms with van der Waals surface area (Å²) in [6.45, 7) is 13.3. The molecule has 0 N–H and O–H groups in total. The molecule has 0 aromatic heterocycles. The maximum absolute atomic E-state index is 10.9. The van der Waals surface area contributed by atoms with Gasteiger partial charge in [0.1, 0.15) is 0 Å². The van der Waals surface area contributed by atoms with Gasteiger partial charge in [0.05, 0.1) is 12.7 Å². The Kier molecular flexibility index (Phi) is 7.31. The summed E-state index contributed by atoms with van der Waals surface area (Å²) in [5.74, 6) is -0.174. The van der Waals surface area contributed by atoms with Crippen molar-refractivity contribution in [3.8, 4) is 6.07 Å². The number of nitriles is 1. The summed E-state index contributed by atoms with van der Waals surface area (Å²) in [7, 11) is -1.79. The predicted molar refractivity (Wildman–Crippen MR) is 78.1 cm³/mol. The fourth-order valence-corrected chi connectivity index (χ4v) is 2.35. The van der Waals surface area contributed by atoms with Gasteiger partial charge in [-0.2, -0.15) is 5.26 Å². The lowest BCUT2D eigenvalue weighted by atomic mass is 10.1. The van der Waals surface area contributed by atoms with Crippen molar-refractivity contribution in [2.75, 3.05) is 13.2 Å². The van der Waals surface area contributed by atoms with Crippen LogP contribution < -0.4 is 0 Å². The molecule has 0 rings (SSSR count). The van der Waals surface area contributed by atoms with E-state index in [1.165, 1.54) is 6.92 Å². The third-order valence-corrected chi connectivity index (χ3v) is 8.17. The Hall–Kier alpha value is -0.863. The normalized spacial score (nSPS) is 13.7. The van der Waals surface area contributed by atoms with Crippen LogP contribution in [0, 0.1) is 17.2 Å². The Bertz CT molecular complexity index is 329. The molecule has 5 heteroatoms. The van der Waals surface area contributed by atoms with Crippen LogP contribution in [0.25, 0.3) is 0 Å². The molecule has 0 saturated heterocycles. The van der Waals surface area contributed by atoms with Crippen LogP contribution in [-0.2, 0) is 14.0 Å². The second kappa shape index (κ2) is 7.66. The third kappa shape index (κ3) is 7.33. The van der Waals surface area contributed by atoms with Gasteiger partial charge in [0.2, 0.25) is 0 Å². The number of esters is 1. The fourth-order valence-electron chi connectivity index (χ4n) is 1.26. The maximum Gasteiger partial charge on any atom is 0.302 e. The van der Waals surface area contributed by atoms with Gasteiger partial charge in [0.15, 0.2) is 8.32 Å². The summed E-state index contributed by atoms with van der Waals surface area (Å²) < 4.78 is 11.2. The Balaban J connectivity index is 4.40. The van der Waals surface area contributed by atoms with E-state index in [4.69, 9.17) is 14.4 Å². The van der Waals surface area contributed by atoms with Crippen molar-refractivity contribution in [3.63, 3.8) is 0 Å². The molecule has 0 saturated carbocycles. The maximum atomic E-state index is 10.9. The number of ether oxygens (including phenoxy) is 1. The average molecular weight is 285 g/mol. The molecule has 0 aliphatic carbocycles. The van der Waals surface area contributed by atoms with E-state index in [2.05, 4.69) is 39.9 Å². The van der Waals surface area contributed by atoms with E-state index in [9.17, 15) is 4.79 Å². The first kappa shape index (κ1) is 18.1. The second-order valence-electron chi connectivity index (χ2n) is 6.44. The van der Waals surface area contributed by atoms with Crippen molar-refractivity contribution in [2.24, 2.45) is 5.92 Å². The first-order valence-corrected chi connectivity index (χ1v) is 9.65. The lowest BCUT2D eigenvalue weighted by Crippen LogP contribution is -2.42. The molecular formula is C14H27NO3Si. The van der Waals surface area contributed by atoms with Crippen LogP contribution in [0.4, 0.5) is 0 Å². The van der Waals surface area contributed by atoms with E-state index in [0.29, 0.717) is 26.1 Å². The van der Waals surface area contributed by atoms with Crippen molar-refractivity contribution in [3.05, 3.63) is 0 Å². The molecule has 110 valence electrons. The second-order valence-corrected chi connectivity index (χ2v) is 11.2. The van der Waals surface area contributed by atoms with Crippen molar-refractivity contribution >= 4 is 14.3 Å². The minimum Gasteiger partial charge on any atom is -0.465 e. The highest BCUT2D eigenvalue weighted by Gasteiger charge is 2.37. The van der Waals surface area contributed by atoms with Crippen LogP contribution in [0.3, 0.4) is 0 Å². The number of rotatable bonds is 7. The quantitative estimate of drug-likeness (QED) is 0.530. The van der Waals surface area contributed by atoms with E-state index in [1.807, 2.05) is 0 Å². The zero-order valence-electron chi connectivity index (χ0n) is 13.1. The standard InChI is InChI=1S/C14H27NO3Si/c1-12(16)17-10-13(8-7-9-15)11-18-19(5,6)14(2,3)4/h13H,7-8,10-11H2,1-6H3/t13-/m0/s1. The third-order valence-electron chi connectivity index (χ3n) is 3.67. The summed E-state index contributed by atoms with van der Waals surface area (Å²) >= 11 is 0. The first-order valence-electron chi connectivity index (χ1n) is 6.74. The van der Waals surface area contributed by atoms with Gasteiger partial charge < -0.3 is 9.16 Å². The number of nitrogens with zero attached hydrogens (tertiary/aromatic N) is 1. The van der Waals surface area contributed by atoms with E-state index in [-0.39, 0.29) is 16.9 Å². The molecule has 0 fully saturated rings. The smallest absolute Gasteiger partial charge is 0.302 e. The molecule has 0 aromatic carbocycles. The Morgan fingerprint density at radius 1 is 1.32 bits per heavy atom. The molecular weight excluding hydrogens is 258 g/mol. The summed E-state index contributed by atoms with van der Waals surface area (Å²) in [6.07, 6.45) is 1.17. The molecule has 0 unspecified atom stereocenters. The molecule has 0 amide bonds. The number of carbonyl (C=O) groups is 1. The highest BCUT2D eigenvalue weighted by Crippen LogP contribution is 2.36. The fraction of sp³-hybridized carbons (Fsp3) is 0.857. The molecule has 0 aromatic rings. The zero-order valence-corrected chi connectivity index (χ0v) is 14.1. The van der Waals surface area contributed by atoms with Crippen molar-refractivity contribution < 1.29 is 14.0 Å². The summed E-state index contributed by atoms with van der Waals surface area (Å²) in [6, 6.07) is 2.13. The Morgan fingerprint density at radius 2 is 1.89 bits per heavy atom. The monoisotopic (exact) mass is 285 g/mol.